The molecule has 212 valence electrons. The summed E-state index contributed by atoms with van der Waals surface area (Å²) < 4.78 is 39.5. The van der Waals surface area contributed by atoms with Gasteiger partial charge in [0.2, 0.25) is 5.91 Å². The van der Waals surface area contributed by atoms with Gasteiger partial charge in [-0.15, -0.1) is 0 Å². The fourth-order valence-corrected chi connectivity index (χ4v) is 5.14. The number of halogens is 3. The number of rotatable bonds is 6. The van der Waals surface area contributed by atoms with Gasteiger partial charge in [-0.25, -0.2) is 4.98 Å². The highest BCUT2D eigenvalue weighted by Crippen LogP contribution is 2.33. The minimum absolute atomic E-state index is 0.0680. The number of fused-ring (bicyclic) bond motifs is 1. The fraction of sp³-hybridized carbons (Fsp3) is 0.258. The van der Waals surface area contributed by atoms with Gasteiger partial charge in [0.15, 0.2) is 0 Å². The van der Waals surface area contributed by atoms with E-state index in [-0.39, 0.29) is 6.42 Å². The molecule has 2 aliphatic heterocycles. The van der Waals surface area contributed by atoms with E-state index < -0.39 is 29.7 Å². The van der Waals surface area contributed by atoms with Crippen molar-refractivity contribution in [3.05, 3.63) is 101 Å². The average Bonchev–Trinajstić information content (AvgIpc) is 3.38. The predicted molar refractivity (Wildman–Crippen MR) is 151 cm³/mol. The number of carbonyl (C=O) groups excluding carboxylic acids is 2. The van der Waals surface area contributed by atoms with Crippen LogP contribution in [0.1, 0.15) is 42.0 Å². The van der Waals surface area contributed by atoms with Crippen molar-refractivity contribution >= 4 is 34.6 Å². The largest absolute Gasteiger partial charge is 0.416 e. The van der Waals surface area contributed by atoms with Gasteiger partial charge in [0, 0.05) is 53.8 Å². The molecule has 3 N–H and O–H groups in total. The molecule has 3 heterocycles. The maximum absolute atomic E-state index is 13.2. The number of anilines is 3. The first kappa shape index (κ1) is 28.1. The third-order valence-electron chi connectivity index (χ3n) is 7.33. The Morgan fingerprint density at radius 3 is 2.54 bits per heavy atom. The monoisotopic (exact) mass is 562 g/mol. The first-order chi connectivity index (χ1) is 19.6. The van der Waals surface area contributed by atoms with Crippen LogP contribution < -0.4 is 15.5 Å². The Morgan fingerprint density at radius 2 is 1.88 bits per heavy atom. The van der Waals surface area contributed by atoms with Crippen LogP contribution in [0.5, 0.6) is 0 Å². The maximum Gasteiger partial charge on any atom is 0.416 e. The number of amides is 2. The van der Waals surface area contributed by atoms with Crippen LogP contribution in [0.25, 0.3) is 5.57 Å². The second-order valence-electron chi connectivity index (χ2n) is 10.1. The summed E-state index contributed by atoms with van der Waals surface area (Å²) in [6.45, 7) is 3.07. The maximum atomic E-state index is 13.2. The number of aliphatic hydroxyl groups is 1. The van der Waals surface area contributed by atoms with E-state index in [1.54, 1.807) is 30.5 Å². The molecule has 0 saturated carbocycles. The molecule has 1 aromatic heterocycles. The SMILES string of the molecule is CC1CCCN1c1ccc(/C(=C\C=C\C(=O)Nc2cccc3c2CC(O)C(=O)N3)c2ccc(C(F)(F)F)cc2)cn1. The quantitative estimate of drug-likeness (QED) is 0.270. The van der Waals surface area contributed by atoms with Crippen molar-refractivity contribution in [2.45, 2.75) is 44.5 Å². The molecule has 0 radical (unpaired) electrons. The molecule has 2 aliphatic rings. The van der Waals surface area contributed by atoms with E-state index >= 15 is 0 Å². The summed E-state index contributed by atoms with van der Waals surface area (Å²) in [6, 6.07) is 14.0. The lowest BCUT2D eigenvalue weighted by atomic mass is 9.97. The molecule has 1 fully saturated rings. The Labute approximate surface area is 235 Å². The Bertz CT molecular complexity index is 1500. The first-order valence-electron chi connectivity index (χ1n) is 13.3. The normalized spacial score (nSPS) is 19.3. The van der Waals surface area contributed by atoms with E-state index in [0.29, 0.717) is 39.7 Å². The number of benzene rings is 2. The van der Waals surface area contributed by atoms with Crippen LogP contribution in [-0.2, 0) is 22.2 Å². The molecule has 0 aliphatic carbocycles. The minimum atomic E-state index is -4.45. The number of pyridine rings is 1. The molecule has 5 rings (SSSR count). The molecule has 7 nitrogen and oxygen atoms in total. The molecule has 41 heavy (non-hydrogen) atoms. The van der Waals surface area contributed by atoms with Gasteiger partial charge in [0.1, 0.15) is 11.9 Å². The first-order valence-corrected chi connectivity index (χ1v) is 13.3. The van der Waals surface area contributed by atoms with Crippen molar-refractivity contribution in [3.8, 4) is 0 Å². The van der Waals surface area contributed by atoms with Gasteiger partial charge in [-0.3, -0.25) is 9.59 Å². The summed E-state index contributed by atoms with van der Waals surface area (Å²) in [5.41, 5.74) is 2.66. The van der Waals surface area contributed by atoms with E-state index in [2.05, 4.69) is 27.4 Å². The molecular formula is C31H29F3N4O3. The standard InChI is InChI=1S/C31H29F3N4O3/c1-19-5-4-16-38(19)28-15-12-21(18-35-28)23(20-10-13-22(14-11-20)31(32,33)34)6-2-9-29(40)36-25-7-3-8-26-24(25)17-27(39)30(41)37-26/h2-3,6-15,18-19,27,39H,4-5,16-17H2,1H3,(H,36,40)(H,37,41)/b9-2+,23-6-. The minimum Gasteiger partial charge on any atom is -0.383 e. The lowest BCUT2D eigenvalue weighted by molar-refractivity contribution is -0.137. The summed E-state index contributed by atoms with van der Waals surface area (Å²) in [7, 11) is 0. The number of hydrogen-bond acceptors (Lipinski definition) is 5. The second kappa shape index (κ2) is 11.6. The number of hydrogen-bond donors (Lipinski definition) is 3. The van der Waals surface area contributed by atoms with Gasteiger partial charge in [0.05, 0.1) is 5.56 Å². The summed E-state index contributed by atoms with van der Waals surface area (Å²) >= 11 is 0. The molecule has 10 heteroatoms. The zero-order valence-electron chi connectivity index (χ0n) is 22.3. The van der Waals surface area contributed by atoms with Crippen molar-refractivity contribution < 1.29 is 27.9 Å². The number of nitrogens with one attached hydrogen (secondary N) is 2. The summed E-state index contributed by atoms with van der Waals surface area (Å²) in [4.78, 5) is 31.4. The molecule has 2 unspecified atom stereocenters. The number of nitrogens with zero attached hydrogens (tertiary/aromatic N) is 2. The lowest BCUT2D eigenvalue weighted by Crippen LogP contribution is -2.34. The Balaban J connectivity index is 1.40. The van der Waals surface area contributed by atoms with Crippen molar-refractivity contribution in [3.63, 3.8) is 0 Å². The van der Waals surface area contributed by atoms with Crippen LogP contribution in [-0.4, -0.2) is 40.6 Å². The molecule has 3 aromatic rings. The Kier molecular flexibility index (Phi) is 7.94. The zero-order chi connectivity index (χ0) is 29.1. The lowest BCUT2D eigenvalue weighted by Gasteiger charge is -2.23. The van der Waals surface area contributed by atoms with Gasteiger partial charge in [-0.2, -0.15) is 13.2 Å². The molecule has 0 bridgehead atoms. The third kappa shape index (κ3) is 6.33. The summed E-state index contributed by atoms with van der Waals surface area (Å²) in [5, 5.41) is 15.3. The van der Waals surface area contributed by atoms with E-state index in [0.717, 1.165) is 37.3 Å². The topological polar surface area (TPSA) is 94.6 Å². The predicted octanol–water partition coefficient (Wildman–Crippen LogP) is 5.57. The van der Waals surface area contributed by atoms with Crippen molar-refractivity contribution in [2.75, 3.05) is 22.1 Å². The Morgan fingerprint density at radius 1 is 1.12 bits per heavy atom. The third-order valence-corrected chi connectivity index (χ3v) is 7.33. The highest BCUT2D eigenvalue weighted by atomic mass is 19.4. The van der Waals surface area contributed by atoms with Gasteiger partial charge in [-0.1, -0.05) is 30.4 Å². The average molecular weight is 563 g/mol. The smallest absolute Gasteiger partial charge is 0.383 e. The molecule has 2 aromatic carbocycles. The van der Waals surface area contributed by atoms with Crippen LogP contribution in [0, 0.1) is 0 Å². The van der Waals surface area contributed by atoms with E-state index in [1.165, 1.54) is 24.3 Å². The summed E-state index contributed by atoms with van der Waals surface area (Å²) in [6.07, 6.45) is 2.75. The molecular weight excluding hydrogens is 533 g/mol. The Hall–Kier alpha value is -4.44. The fourth-order valence-electron chi connectivity index (χ4n) is 5.14. The van der Waals surface area contributed by atoms with Gasteiger partial charge in [-0.05, 0) is 67.3 Å². The highest BCUT2D eigenvalue weighted by molar-refractivity contribution is 6.03. The van der Waals surface area contributed by atoms with Crippen molar-refractivity contribution in [1.82, 2.24) is 4.98 Å². The second-order valence-corrected chi connectivity index (χ2v) is 10.1. The molecule has 0 spiro atoms. The van der Waals surface area contributed by atoms with E-state index in [4.69, 9.17) is 0 Å². The van der Waals surface area contributed by atoms with Gasteiger partial charge < -0.3 is 20.6 Å². The highest BCUT2D eigenvalue weighted by Gasteiger charge is 2.30. The summed E-state index contributed by atoms with van der Waals surface area (Å²) in [5.74, 6) is -0.114. The number of allylic oxidation sites excluding steroid dienone is 2. The van der Waals surface area contributed by atoms with Crippen LogP contribution in [0.3, 0.4) is 0 Å². The van der Waals surface area contributed by atoms with E-state index in [1.807, 2.05) is 12.1 Å². The number of alkyl halides is 3. The number of carbonyl (C=O) groups is 2. The molecule has 2 atom stereocenters. The van der Waals surface area contributed by atoms with Gasteiger partial charge in [0.25, 0.3) is 5.91 Å². The van der Waals surface area contributed by atoms with Crippen LogP contribution >= 0.6 is 0 Å². The number of aliphatic hydroxyl groups excluding tert-OH is 1. The van der Waals surface area contributed by atoms with Gasteiger partial charge >= 0.3 is 6.18 Å². The van der Waals surface area contributed by atoms with Crippen LogP contribution in [0.4, 0.5) is 30.4 Å². The van der Waals surface area contributed by atoms with Crippen LogP contribution in [0.15, 0.2) is 79.0 Å². The van der Waals surface area contributed by atoms with Crippen LogP contribution in [0.2, 0.25) is 0 Å². The van der Waals surface area contributed by atoms with E-state index in [9.17, 15) is 27.9 Å². The molecule has 2 amide bonds. The van der Waals surface area contributed by atoms with Crippen molar-refractivity contribution in [2.24, 2.45) is 0 Å². The van der Waals surface area contributed by atoms with Crippen molar-refractivity contribution in [1.29, 1.82) is 0 Å². The zero-order valence-corrected chi connectivity index (χ0v) is 22.3. The number of aromatic nitrogens is 1. The molecule has 1 saturated heterocycles.